The van der Waals surface area contributed by atoms with E-state index in [1.54, 1.807) is 12.1 Å². The van der Waals surface area contributed by atoms with Crippen LogP contribution in [0.5, 0.6) is 0 Å². The van der Waals surface area contributed by atoms with Crippen LogP contribution in [0.1, 0.15) is 24.8 Å². The summed E-state index contributed by atoms with van der Waals surface area (Å²) < 4.78 is 14.1. The summed E-state index contributed by atoms with van der Waals surface area (Å²) in [5, 5.41) is 0. The molecule has 0 aliphatic heterocycles. The number of fused-ring (bicyclic) bond motifs is 2. The van der Waals surface area contributed by atoms with Crippen molar-refractivity contribution in [1.29, 1.82) is 0 Å². The van der Waals surface area contributed by atoms with Gasteiger partial charge in [0, 0.05) is 12.1 Å². The first-order valence-corrected chi connectivity index (χ1v) is 7.26. The molecule has 0 heterocycles. The largest absolute Gasteiger partial charge is 0.309 e. The quantitative estimate of drug-likeness (QED) is 0.797. The molecule has 0 spiro atoms. The zero-order valence-corrected chi connectivity index (χ0v) is 11.8. The van der Waals surface area contributed by atoms with Gasteiger partial charge >= 0.3 is 0 Å². The molecule has 19 heavy (non-hydrogen) atoms. The third kappa shape index (κ3) is 2.46. The Kier molecular flexibility index (Phi) is 3.44. The monoisotopic (exact) mass is 259 g/mol. The molecule has 2 aliphatic rings. The molecule has 1 aromatic rings. The van der Waals surface area contributed by atoms with E-state index in [-0.39, 0.29) is 5.82 Å². The van der Waals surface area contributed by atoms with Crippen LogP contribution in [-0.4, -0.2) is 25.5 Å². The van der Waals surface area contributed by atoms with Crippen molar-refractivity contribution in [2.75, 3.05) is 20.6 Å². The molecule has 0 amide bonds. The third-order valence-corrected chi connectivity index (χ3v) is 4.64. The predicted octanol–water partition coefficient (Wildman–Crippen LogP) is 3.82. The molecule has 1 aromatic carbocycles. The molecule has 102 valence electrons. The smallest absolute Gasteiger partial charge is 0.130 e. The average Bonchev–Trinajstić information content (AvgIpc) is 2.76. The normalized spacial score (nSPS) is 29.7. The first kappa shape index (κ1) is 12.9. The number of nitrogens with zero attached hydrogens (tertiary/aromatic N) is 1. The van der Waals surface area contributed by atoms with Gasteiger partial charge in [-0.15, -0.1) is 0 Å². The highest BCUT2D eigenvalue weighted by Gasteiger charge is 2.37. The van der Waals surface area contributed by atoms with E-state index in [1.165, 1.54) is 24.8 Å². The molecule has 3 atom stereocenters. The highest BCUT2D eigenvalue weighted by atomic mass is 19.1. The van der Waals surface area contributed by atoms with Gasteiger partial charge in [0.25, 0.3) is 0 Å². The predicted molar refractivity (Wildman–Crippen MR) is 77.3 cm³/mol. The van der Waals surface area contributed by atoms with Crippen molar-refractivity contribution in [3.8, 4) is 0 Å². The lowest BCUT2D eigenvalue weighted by atomic mass is 9.76. The lowest BCUT2D eigenvalue weighted by molar-refractivity contribution is 0.289. The van der Waals surface area contributed by atoms with Crippen molar-refractivity contribution >= 4 is 5.57 Å². The molecule has 3 unspecified atom stereocenters. The van der Waals surface area contributed by atoms with Gasteiger partial charge in [-0.25, -0.2) is 4.39 Å². The Morgan fingerprint density at radius 2 is 2.00 bits per heavy atom. The fourth-order valence-electron chi connectivity index (χ4n) is 3.83. The lowest BCUT2D eigenvalue weighted by Crippen LogP contribution is -2.29. The molecule has 2 bridgehead atoms. The number of hydrogen-bond donors (Lipinski definition) is 0. The first-order chi connectivity index (χ1) is 9.15. The van der Waals surface area contributed by atoms with E-state index in [0.29, 0.717) is 11.8 Å². The fraction of sp³-hybridized carbons (Fsp3) is 0.529. The second-order valence-corrected chi connectivity index (χ2v) is 6.30. The topological polar surface area (TPSA) is 3.24 Å². The van der Waals surface area contributed by atoms with Gasteiger partial charge in [-0.05, 0) is 62.8 Å². The maximum absolute atomic E-state index is 14.1. The molecule has 0 radical (unpaired) electrons. The summed E-state index contributed by atoms with van der Waals surface area (Å²) in [6.45, 7) is 1.03. The summed E-state index contributed by atoms with van der Waals surface area (Å²) >= 11 is 0. The second-order valence-electron chi connectivity index (χ2n) is 6.30. The zero-order valence-electron chi connectivity index (χ0n) is 11.8. The summed E-state index contributed by atoms with van der Waals surface area (Å²) in [7, 11) is 4.22. The Labute approximate surface area is 115 Å². The minimum absolute atomic E-state index is 0.0705. The van der Waals surface area contributed by atoms with Crippen LogP contribution >= 0.6 is 0 Å². The van der Waals surface area contributed by atoms with Gasteiger partial charge < -0.3 is 4.90 Å². The number of allylic oxidation sites excluding steroid dienone is 1. The Hall–Kier alpha value is -1.15. The van der Waals surface area contributed by atoms with Crippen LogP contribution in [0.15, 0.2) is 30.3 Å². The van der Waals surface area contributed by atoms with Crippen LogP contribution in [0.2, 0.25) is 0 Å². The number of halogens is 1. The van der Waals surface area contributed by atoms with Crippen LogP contribution in [0.3, 0.4) is 0 Å². The van der Waals surface area contributed by atoms with Crippen molar-refractivity contribution in [2.24, 2.45) is 17.8 Å². The van der Waals surface area contributed by atoms with Crippen LogP contribution in [0.4, 0.5) is 4.39 Å². The van der Waals surface area contributed by atoms with Crippen LogP contribution < -0.4 is 0 Å². The molecule has 0 aromatic heterocycles. The van der Waals surface area contributed by atoms with E-state index in [9.17, 15) is 4.39 Å². The van der Waals surface area contributed by atoms with Gasteiger partial charge in [0.2, 0.25) is 0 Å². The Morgan fingerprint density at radius 3 is 2.74 bits per heavy atom. The lowest BCUT2D eigenvalue weighted by Gasteiger charge is -2.32. The van der Waals surface area contributed by atoms with E-state index >= 15 is 0 Å². The Balaban J connectivity index is 1.99. The molecular weight excluding hydrogens is 237 g/mol. The second kappa shape index (κ2) is 5.09. The SMILES string of the molecule is CN(C)CC1C(c2ccccc2F)=CC2CCC1C2. The van der Waals surface area contributed by atoms with Gasteiger partial charge in [0.05, 0.1) is 0 Å². The van der Waals surface area contributed by atoms with E-state index in [2.05, 4.69) is 25.1 Å². The van der Waals surface area contributed by atoms with Crippen molar-refractivity contribution in [1.82, 2.24) is 4.90 Å². The standard InChI is InChI=1S/C17H22FN/c1-19(2)11-16-13-8-7-12(9-13)10-15(16)14-5-3-4-6-17(14)18/h3-6,10,12-13,16H,7-9,11H2,1-2H3. The van der Waals surface area contributed by atoms with Crippen LogP contribution in [-0.2, 0) is 0 Å². The van der Waals surface area contributed by atoms with Gasteiger partial charge in [0.1, 0.15) is 5.82 Å². The number of hydrogen-bond acceptors (Lipinski definition) is 1. The molecule has 1 saturated carbocycles. The van der Waals surface area contributed by atoms with E-state index in [0.717, 1.165) is 18.0 Å². The van der Waals surface area contributed by atoms with Crippen molar-refractivity contribution in [2.45, 2.75) is 19.3 Å². The van der Waals surface area contributed by atoms with Crippen molar-refractivity contribution in [3.63, 3.8) is 0 Å². The van der Waals surface area contributed by atoms with E-state index in [1.807, 2.05) is 12.1 Å². The molecule has 0 saturated heterocycles. The summed E-state index contributed by atoms with van der Waals surface area (Å²) in [6.07, 6.45) is 6.25. The molecule has 1 fully saturated rings. The minimum Gasteiger partial charge on any atom is -0.309 e. The minimum atomic E-state index is -0.0705. The summed E-state index contributed by atoms with van der Waals surface area (Å²) in [4.78, 5) is 2.23. The van der Waals surface area contributed by atoms with E-state index < -0.39 is 0 Å². The van der Waals surface area contributed by atoms with E-state index in [4.69, 9.17) is 0 Å². The third-order valence-electron chi connectivity index (χ3n) is 4.64. The van der Waals surface area contributed by atoms with Gasteiger partial charge in [-0.1, -0.05) is 24.3 Å². The van der Waals surface area contributed by atoms with Gasteiger partial charge in [-0.2, -0.15) is 0 Å². The van der Waals surface area contributed by atoms with Gasteiger partial charge in [0.15, 0.2) is 0 Å². The molecule has 2 aliphatic carbocycles. The Bertz CT molecular complexity index is 492. The zero-order chi connectivity index (χ0) is 13.4. The highest BCUT2D eigenvalue weighted by Crippen LogP contribution is 2.48. The molecule has 0 N–H and O–H groups in total. The van der Waals surface area contributed by atoms with Gasteiger partial charge in [-0.3, -0.25) is 0 Å². The summed E-state index contributed by atoms with van der Waals surface area (Å²) in [5.41, 5.74) is 2.08. The molecule has 1 nitrogen and oxygen atoms in total. The van der Waals surface area contributed by atoms with Crippen molar-refractivity contribution in [3.05, 3.63) is 41.7 Å². The molecule has 2 heteroatoms. The summed E-state index contributed by atoms with van der Waals surface area (Å²) in [5.74, 6) is 1.84. The van der Waals surface area contributed by atoms with Crippen LogP contribution in [0.25, 0.3) is 5.57 Å². The molecular formula is C17H22FN. The average molecular weight is 259 g/mol. The summed E-state index contributed by atoms with van der Waals surface area (Å²) in [6, 6.07) is 7.24. The fourth-order valence-corrected chi connectivity index (χ4v) is 3.83. The first-order valence-electron chi connectivity index (χ1n) is 7.26. The number of benzene rings is 1. The number of rotatable bonds is 3. The highest BCUT2D eigenvalue weighted by molar-refractivity contribution is 5.69. The van der Waals surface area contributed by atoms with Crippen molar-refractivity contribution < 1.29 is 4.39 Å². The maximum atomic E-state index is 14.1. The molecule has 3 rings (SSSR count). The Morgan fingerprint density at radius 1 is 1.21 bits per heavy atom. The van der Waals surface area contributed by atoms with Crippen LogP contribution in [0, 0.1) is 23.6 Å². The maximum Gasteiger partial charge on any atom is 0.130 e.